The normalized spacial score (nSPS) is 10.8. The van der Waals surface area contributed by atoms with Gasteiger partial charge in [0.1, 0.15) is 5.82 Å². The predicted octanol–water partition coefficient (Wildman–Crippen LogP) is 3.80. The minimum atomic E-state index is 0.817. The summed E-state index contributed by atoms with van der Waals surface area (Å²) in [7, 11) is 2.09. The Bertz CT molecular complexity index is 557. The van der Waals surface area contributed by atoms with Crippen LogP contribution in [-0.2, 0) is 13.1 Å². The predicted molar refractivity (Wildman–Crippen MR) is 85.0 cm³/mol. The van der Waals surface area contributed by atoms with Gasteiger partial charge in [0.15, 0.2) is 0 Å². The van der Waals surface area contributed by atoms with Crippen molar-refractivity contribution in [2.45, 2.75) is 20.0 Å². The molecular weight excluding hydrogens is 270 g/mol. The van der Waals surface area contributed by atoms with Crippen molar-refractivity contribution < 1.29 is 0 Å². The maximum absolute atomic E-state index is 6.20. The molecule has 0 atom stereocenters. The first kappa shape index (κ1) is 14.8. The van der Waals surface area contributed by atoms with Crippen molar-refractivity contribution in [2.24, 2.45) is 0 Å². The van der Waals surface area contributed by atoms with Crippen LogP contribution < -0.4 is 5.32 Å². The van der Waals surface area contributed by atoms with E-state index in [-0.39, 0.29) is 0 Å². The molecule has 1 heterocycles. The molecule has 2 rings (SSSR count). The molecule has 0 fully saturated rings. The Morgan fingerprint density at radius 2 is 1.80 bits per heavy atom. The van der Waals surface area contributed by atoms with E-state index in [0.717, 1.165) is 36.0 Å². The van der Waals surface area contributed by atoms with E-state index in [0.29, 0.717) is 0 Å². The first-order valence-corrected chi connectivity index (χ1v) is 7.18. The van der Waals surface area contributed by atoms with Crippen LogP contribution in [0.15, 0.2) is 42.6 Å². The van der Waals surface area contributed by atoms with Crippen molar-refractivity contribution in [1.29, 1.82) is 0 Å². The highest BCUT2D eigenvalue weighted by atomic mass is 35.5. The highest BCUT2D eigenvalue weighted by molar-refractivity contribution is 6.31. The Morgan fingerprint density at radius 1 is 1.10 bits per heavy atom. The van der Waals surface area contributed by atoms with Crippen LogP contribution in [0.25, 0.3) is 0 Å². The molecule has 2 aromatic rings. The highest BCUT2D eigenvalue weighted by Crippen LogP contribution is 2.19. The second-order valence-corrected chi connectivity index (χ2v) is 5.21. The van der Waals surface area contributed by atoms with E-state index in [1.165, 1.54) is 5.56 Å². The second kappa shape index (κ2) is 7.27. The summed E-state index contributed by atoms with van der Waals surface area (Å²) in [5, 5.41) is 4.11. The molecule has 1 aromatic heterocycles. The van der Waals surface area contributed by atoms with Crippen molar-refractivity contribution >= 4 is 17.4 Å². The van der Waals surface area contributed by atoms with E-state index in [4.69, 9.17) is 11.6 Å². The SMILES string of the molecule is CCNc1ncccc1CN(C)Cc1ccccc1Cl. The zero-order valence-corrected chi connectivity index (χ0v) is 12.7. The molecular formula is C16H20ClN3. The van der Waals surface area contributed by atoms with Gasteiger partial charge in [-0.1, -0.05) is 35.9 Å². The molecule has 0 aliphatic heterocycles. The van der Waals surface area contributed by atoms with Gasteiger partial charge in [-0.15, -0.1) is 0 Å². The van der Waals surface area contributed by atoms with Crippen LogP contribution in [0.3, 0.4) is 0 Å². The van der Waals surface area contributed by atoms with E-state index in [9.17, 15) is 0 Å². The fourth-order valence-corrected chi connectivity index (χ4v) is 2.35. The Kier molecular flexibility index (Phi) is 5.39. The van der Waals surface area contributed by atoms with E-state index in [2.05, 4.69) is 41.3 Å². The molecule has 0 saturated heterocycles. The maximum Gasteiger partial charge on any atom is 0.130 e. The zero-order valence-electron chi connectivity index (χ0n) is 11.9. The number of nitrogens with one attached hydrogen (secondary N) is 1. The second-order valence-electron chi connectivity index (χ2n) is 4.81. The molecule has 0 saturated carbocycles. The Labute approximate surface area is 125 Å². The van der Waals surface area contributed by atoms with Crippen LogP contribution in [-0.4, -0.2) is 23.5 Å². The molecule has 0 aliphatic rings. The summed E-state index contributed by atoms with van der Waals surface area (Å²) in [5.41, 5.74) is 2.34. The number of hydrogen-bond acceptors (Lipinski definition) is 3. The van der Waals surface area contributed by atoms with Crippen molar-refractivity contribution in [2.75, 3.05) is 18.9 Å². The van der Waals surface area contributed by atoms with E-state index in [1.54, 1.807) is 0 Å². The number of pyridine rings is 1. The van der Waals surface area contributed by atoms with E-state index in [1.807, 2.05) is 30.5 Å². The molecule has 0 aliphatic carbocycles. The first-order valence-electron chi connectivity index (χ1n) is 6.80. The molecule has 1 N–H and O–H groups in total. The number of benzene rings is 1. The lowest BCUT2D eigenvalue weighted by Gasteiger charge is -2.19. The molecule has 4 heteroatoms. The van der Waals surface area contributed by atoms with Gasteiger partial charge in [-0.25, -0.2) is 4.98 Å². The summed E-state index contributed by atoms with van der Waals surface area (Å²) >= 11 is 6.20. The van der Waals surface area contributed by atoms with Gasteiger partial charge < -0.3 is 5.32 Å². The molecule has 0 spiro atoms. The van der Waals surface area contributed by atoms with Gasteiger partial charge in [0.05, 0.1) is 0 Å². The third kappa shape index (κ3) is 3.95. The average molecular weight is 290 g/mol. The maximum atomic E-state index is 6.20. The molecule has 1 aromatic carbocycles. The Morgan fingerprint density at radius 3 is 2.55 bits per heavy atom. The van der Waals surface area contributed by atoms with Gasteiger partial charge in [0.2, 0.25) is 0 Å². The number of aromatic nitrogens is 1. The lowest BCUT2D eigenvalue weighted by atomic mass is 10.2. The van der Waals surface area contributed by atoms with Crippen molar-refractivity contribution in [3.05, 3.63) is 58.7 Å². The number of nitrogens with zero attached hydrogens (tertiary/aromatic N) is 2. The van der Waals surface area contributed by atoms with Gasteiger partial charge >= 0.3 is 0 Å². The van der Waals surface area contributed by atoms with Crippen molar-refractivity contribution in [3.63, 3.8) is 0 Å². The van der Waals surface area contributed by atoms with Crippen molar-refractivity contribution in [3.8, 4) is 0 Å². The number of hydrogen-bond donors (Lipinski definition) is 1. The lowest BCUT2D eigenvalue weighted by molar-refractivity contribution is 0.319. The fraction of sp³-hybridized carbons (Fsp3) is 0.312. The molecule has 3 nitrogen and oxygen atoms in total. The summed E-state index contributed by atoms with van der Waals surface area (Å²) in [4.78, 5) is 6.62. The van der Waals surface area contributed by atoms with Crippen LogP contribution in [0, 0.1) is 0 Å². The Balaban J connectivity index is 2.05. The monoisotopic (exact) mass is 289 g/mol. The third-order valence-electron chi connectivity index (χ3n) is 3.07. The lowest BCUT2D eigenvalue weighted by Crippen LogP contribution is -2.18. The number of rotatable bonds is 6. The van der Waals surface area contributed by atoms with Gasteiger partial charge in [-0.3, -0.25) is 4.90 Å². The van der Waals surface area contributed by atoms with Crippen LogP contribution in [0.4, 0.5) is 5.82 Å². The highest BCUT2D eigenvalue weighted by Gasteiger charge is 2.08. The van der Waals surface area contributed by atoms with Gasteiger partial charge in [0.25, 0.3) is 0 Å². The summed E-state index contributed by atoms with van der Waals surface area (Å²) in [5.74, 6) is 0.959. The van der Waals surface area contributed by atoms with Crippen molar-refractivity contribution in [1.82, 2.24) is 9.88 Å². The van der Waals surface area contributed by atoms with E-state index >= 15 is 0 Å². The number of anilines is 1. The third-order valence-corrected chi connectivity index (χ3v) is 3.44. The fourth-order valence-electron chi connectivity index (χ4n) is 2.16. The smallest absolute Gasteiger partial charge is 0.130 e. The topological polar surface area (TPSA) is 28.2 Å². The summed E-state index contributed by atoms with van der Waals surface area (Å²) in [6.07, 6.45) is 1.82. The standard InChI is InChI=1S/C16H20ClN3/c1-3-18-16-14(8-6-10-19-16)12-20(2)11-13-7-4-5-9-15(13)17/h4-10H,3,11-12H2,1-2H3,(H,18,19). The quantitative estimate of drug-likeness (QED) is 0.877. The van der Waals surface area contributed by atoms with Crippen LogP contribution in [0.5, 0.6) is 0 Å². The summed E-state index contributed by atoms with van der Waals surface area (Å²) in [6.45, 7) is 4.60. The van der Waals surface area contributed by atoms with Gasteiger partial charge in [-0.2, -0.15) is 0 Å². The molecule has 20 heavy (non-hydrogen) atoms. The summed E-state index contributed by atoms with van der Waals surface area (Å²) in [6, 6.07) is 12.0. The van der Waals surface area contributed by atoms with Crippen LogP contribution >= 0.6 is 11.6 Å². The minimum Gasteiger partial charge on any atom is -0.370 e. The molecule has 0 radical (unpaired) electrons. The molecule has 0 bridgehead atoms. The molecule has 106 valence electrons. The number of halogens is 1. The van der Waals surface area contributed by atoms with E-state index < -0.39 is 0 Å². The van der Waals surface area contributed by atoms with Crippen LogP contribution in [0.2, 0.25) is 5.02 Å². The molecule has 0 amide bonds. The summed E-state index contributed by atoms with van der Waals surface area (Å²) < 4.78 is 0. The largest absolute Gasteiger partial charge is 0.370 e. The minimum absolute atomic E-state index is 0.817. The van der Waals surface area contributed by atoms with Gasteiger partial charge in [-0.05, 0) is 31.7 Å². The van der Waals surface area contributed by atoms with Crippen LogP contribution in [0.1, 0.15) is 18.1 Å². The first-order chi connectivity index (χ1) is 9.70. The Hall–Kier alpha value is -1.58. The molecule has 0 unspecified atom stereocenters. The average Bonchev–Trinajstić information content (AvgIpc) is 2.44. The van der Waals surface area contributed by atoms with Gasteiger partial charge in [0, 0.05) is 36.4 Å². The zero-order chi connectivity index (χ0) is 14.4.